The first kappa shape index (κ1) is 11.2. The summed E-state index contributed by atoms with van der Waals surface area (Å²) < 4.78 is 5.95. The van der Waals surface area contributed by atoms with E-state index in [1.54, 1.807) is 6.92 Å². The number of hydrogen-bond donors (Lipinski definition) is 0. The molecule has 0 aliphatic heterocycles. The first-order valence-electron chi connectivity index (χ1n) is 4.38. The van der Waals surface area contributed by atoms with E-state index < -0.39 is 10.9 Å². The normalized spacial score (nSPS) is 10.0. The summed E-state index contributed by atoms with van der Waals surface area (Å²) in [5.41, 5.74) is 0.243. The van der Waals surface area contributed by atoms with E-state index in [1.807, 2.05) is 0 Å². The van der Waals surface area contributed by atoms with Crippen molar-refractivity contribution in [2.75, 3.05) is 6.61 Å². The van der Waals surface area contributed by atoms with Gasteiger partial charge in [-0.15, -0.1) is 0 Å². The van der Waals surface area contributed by atoms with Crippen LogP contribution in [0.25, 0.3) is 0 Å². The van der Waals surface area contributed by atoms with Crippen molar-refractivity contribution in [3.63, 3.8) is 0 Å². The summed E-state index contributed by atoms with van der Waals surface area (Å²) in [5, 5.41) is 14.2. The van der Waals surface area contributed by atoms with Crippen LogP contribution in [0.4, 0.5) is 5.69 Å². The van der Waals surface area contributed by atoms with Gasteiger partial charge in [0, 0.05) is 0 Å². The fraction of sp³-hybridized carbons (Fsp3) is 0.500. The Morgan fingerprint density at radius 3 is 2.87 bits per heavy atom. The largest absolute Gasteiger partial charge is 0.465 e. The molecule has 1 rings (SSSR count). The molecule has 15 heavy (non-hydrogen) atoms. The van der Waals surface area contributed by atoms with Crippen molar-refractivity contribution in [2.24, 2.45) is 0 Å². The Kier molecular flexibility index (Phi) is 3.37. The quantitative estimate of drug-likeness (QED) is 0.416. The van der Waals surface area contributed by atoms with Crippen LogP contribution in [0.5, 0.6) is 0 Å². The van der Waals surface area contributed by atoms with Crippen molar-refractivity contribution in [3.05, 3.63) is 22.0 Å². The molecule has 0 aliphatic carbocycles. The van der Waals surface area contributed by atoms with Gasteiger partial charge in [-0.3, -0.25) is 19.6 Å². The van der Waals surface area contributed by atoms with Crippen LogP contribution in [-0.4, -0.2) is 27.3 Å². The molecule has 0 N–H and O–H groups in total. The molecule has 1 aromatic heterocycles. The minimum Gasteiger partial charge on any atom is -0.465 e. The summed E-state index contributed by atoms with van der Waals surface area (Å²) in [5.74, 6) is -0.460. The van der Waals surface area contributed by atoms with Gasteiger partial charge in [-0.25, -0.2) is 0 Å². The molecule has 1 aromatic rings. The molecule has 0 radical (unpaired) electrons. The Morgan fingerprint density at radius 2 is 2.40 bits per heavy atom. The van der Waals surface area contributed by atoms with Gasteiger partial charge in [-0.2, -0.15) is 5.10 Å². The highest BCUT2D eigenvalue weighted by molar-refractivity contribution is 5.69. The second kappa shape index (κ2) is 4.54. The van der Waals surface area contributed by atoms with E-state index in [4.69, 9.17) is 4.74 Å². The summed E-state index contributed by atoms with van der Waals surface area (Å²) in [6, 6.07) is 0. The van der Waals surface area contributed by atoms with Gasteiger partial charge in [-0.1, -0.05) is 0 Å². The molecule has 7 heteroatoms. The van der Waals surface area contributed by atoms with Gasteiger partial charge in [0.15, 0.2) is 0 Å². The molecule has 7 nitrogen and oxygen atoms in total. The lowest BCUT2D eigenvalue weighted by molar-refractivity contribution is -0.385. The van der Waals surface area contributed by atoms with Crippen LogP contribution in [0.15, 0.2) is 6.20 Å². The molecule has 0 fully saturated rings. The van der Waals surface area contributed by atoms with E-state index in [9.17, 15) is 14.9 Å². The van der Waals surface area contributed by atoms with Crippen LogP contribution < -0.4 is 0 Å². The number of esters is 1. The molecule has 0 aliphatic rings. The maximum absolute atomic E-state index is 11.1. The van der Waals surface area contributed by atoms with Crippen molar-refractivity contribution in [2.45, 2.75) is 20.4 Å². The zero-order valence-corrected chi connectivity index (χ0v) is 8.47. The summed E-state index contributed by atoms with van der Waals surface area (Å²) in [6.45, 7) is 3.40. The second-order valence-corrected chi connectivity index (χ2v) is 2.84. The van der Waals surface area contributed by atoms with Crippen LogP contribution in [0.3, 0.4) is 0 Å². The molecule has 0 atom stereocenters. The maximum Gasteiger partial charge on any atom is 0.327 e. The van der Waals surface area contributed by atoms with Gasteiger partial charge in [-0.05, 0) is 13.8 Å². The monoisotopic (exact) mass is 213 g/mol. The number of hydrogen-bond acceptors (Lipinski definition) is 5. The van der Waals surface area contributed by atoms with Gasteiger partial charge in [0.1, 0.15) is 18.4 Å². The standard InChI is InChI=1S/C8H11N3O4/c1-3-15-8(12)5-10-6(2)7(4-9-10)11(13)14/h4H,3,5H2,1-2H3. The molecule has 82 valence electrons. The molecule has 0 amide bonds. The van der Waals surface area contributed by atoms with Crippen LogP contribution >= 0.6 is 0 Å². The number of nitrogens with zero attached hydrogens (tertiary/aromatic N) is 3. The highest BCUT2D eigenvalue weighted by Crippen LogP contribution is 2.15. The zero-order chi connectivity index (χ0) is 11.4. The molecule has 0 spiro atoms. The predicted molar refractivity (Wildman–Crippen MR) is 50.3 cm³/mol. The fourth-order valence-electron chi connectivity index (χ4n) is 1.10. The third-order valence-electron chi connectivity index (χ3n) is 1.86. The van der Waals surface area contributed by atoms with Crippen LogP contribution in [0, 0.1) is 17.0 Å². The van der Waals surface area contributed by atoms with Gasteiger partial charge < -0.3 is 4.74 Å². The summed E-state index contributed by atoms with van der Waals surface area (Å²) in [6.07, 6.45) is 1.12. The smallest absolute Gasteiger partial charge is 0.327 e. The van der Waals surface area contributed by atoms with E-state index >= 15 is 0 Å². The van der Waals surface area contributed by atoms with Crippen molar-refractivity contribution < 1.29 is 14.5 Å². The molecule has 0 saturated heterocycles. The predicted octanol–water partition coefficient (Wildman–Crippen LogP) is 0.663. The van der Waals surface area contributed by atoms with Crippen molar-refractivity contribution in [1.29, 1.82) is 0 Å². The average Bonchev–Trinajstić information content (AvgIpc) is 2.48. The number of nitro groups is 1. The number of carbonyl (C=O) groups excluding carboxylic acids is 1. The fourth-order valence-corrected chi connectivity index (χ4v) is 1.10. The van der Waals surface area contributed by atoms with Crippen molar-refractivity contribution in [3.8, 4) is 0 Å². The number of carbonyl (C=O) groups is 1. The van der Waals surface area contributed by atoms with E-state index in [0.29, 0.717) is 5.69 Å². The minimum absolute atomic E-state index is 0.0979. The van der Waals surface area contributed by atoms with Crippen molar-refractivity contribution >= 4 is 11.7 Å². The third-order valence-corrected chi connectivity index (χ3v) is 1.86. The average molecular weight is 213 g/mol. The van der Waals surface area contributed by atoms with E-state index in [2.05, 4.69) is 5.10 Å². The molecular weight excluding hydrogens is 202 g/mol. The summed E-state index contributed by atoms with van der Waals surface area (Å²) in [4.78, 5) is 21.0. The lowest BCUT2D eigenvalue weighted by Crippen LogP contribution is -2.15. The maximum atomic E-state index is 11.1. The lowest BCUT2D eigenvalue weighted by Gasteiger charge is -2.02. The zero-order valence-electron chi connectivity index (χ0n) is 8.47. The Morgan fingerprint density at radius 1 is 1.73 bits per heavy atom. The first-order valence-corrected chi connectivity index (χ1v) is 4.38. The van der Waals surface area contributed by atoms with Gasteiger partial charge >= 0.3 is 11.7 Å². The Balaban J connectivity index is 2.79. The topological polar surface area (TPSA) is 87.3 Å². The highest BCUT2D eigenvalue weighted by Gasteiger charge is 2.17. The number of ether oxygens (including phenoxy) is 1. The Bertz CT molecular complexity index is 385. The van der Waals surface area contributed by atoms with Gasteiger partial charge in [0.05, 0.1) is 11.5 Å². The first-order chi connectivity index (χ1) is 7.06. The highest BCUT2D eigenvalue weighted by atomic mass is 16.6. The third kappa shape index (κ3) is 2.52. The van der Waals surface area contributed by atoms with E-state index in [1.165, 1.54) is 11.6 Å². The Labute approximate surface area is 85.8 Å². The molecule has 0 aromatic carbocycles. The molecule has 0 bridgehead atoms. The number of aromatic nitrogens is 2. The summed E-state index contributed by atoms with van der Waals surface area (Å²) >= 11 is 0. The van der Waals surface area contributed by atoms with E-state index in [-0.39, 0.29) is 18.8 Å². The molecular formula is C8H11N3O4. The molecule has 1 heterocycles. The SMILES string of the molecule is CCOC(=O)Cn1ncc([N+](=O)[O-])c1C. The van der Waals surface area contributed by atoms with Crippen LogP contribution in [0.1, 0.15) is 12.6 Å². The summed E-state index contributed by atoms with van der Waals surface area (Å²) in [7, 11) is 0. The molecule has 0 unspecified atom stereocenters. The second-order valence-electron chi connectivity index (χ2n) is 2.84. The van der Waals surface area contributed by atoms with Crippen LogP contribution in [0.2, 0.25) is 0 Å². The number of rotatable bonds is 4. The Hall–Kier alpha value is -1.92. The van der Waals surface area contributed by atoms with Gasteiger partial charge in [0.2, 0.25) is 0 Å². The van der Waals surface area contributed by atoms with Crippen LogP contribution in [-0.2, 0) is 16.1 Å². The van der Waals surface area contributed by atoms with E-state index in [0.717, 1.165) is 6.20 Å². The van der Waals surface area contributed by atoms with Crippen molar-refractivity contribution in [1.82, 2.24) is 9.78 Å². The minimum atomic E-state index is -0.538. The van der Waals surface area contributed by atoms with Gasteiger partial charge in [0.25, 0.3) is 0 Å². The molecule has 0 saturated carbocycles. The lowest BCUT2D eigenvalue weighted by atomic mass is 10.4.